The molecule has 3 aromatic heterocycles. The van der Waals surface area contributed by atoms with Gasteiger partial charge in [0.15, 0.2) is 5.82 Å². The van der Waals surface area contributed by atoms with Gasteiger partial charge in [-0.3, -0.25) is 9.48 Å². The maximum atomic E-state index is 12.7. The number of H-pyrrole nitrogens is 1. The summed E-state index contributed by atoms with van der Waals surface area (Å²) < 4.78 is 1.68. The SMILES string of the molecule is Cc1ccc(-c2csc3nc(/C(Cl)=C/c4cnn(C)c4)[nH]c(=O)c23)cc1. The molecule has 0 aliphatic carbocycles. The third-order valence-corrected chi connectivity index (χ3v) is 5.21. The van der Waals surface area contributed by atoms with Gasteiger partial charge in [-0.25, -0.2) is 4.98 Å². The molecule has 3 heterocycles. The van der Waals surface area contributed by atoms with Gasteiger partial charge in [-0.1, -0.05) is 41.4 Å². The number of nitrogens with one attached hydrogen (secondary N) is 1. The Labute approximate surface area is 158 Å². The first kappa shape index (κ1) is 16.8. The summed E-state index contributed by atoms with van der Waals surface area (Å²) in [6, 6.07) is 8.09. The lowest BCUT2D eigenvalue weighted by molar-refractivity contribution is 0.767. The van der Waals surface area contributed by atoms with Crippen molar-refractivity contribution in [3.63, 3.8) is 0 Å². The van der Waals surface area contributed by atoms with E-state index in [4.69, 9.17) is 11.6 Å². The van der Waals surface area contributed by atoms with E-state index in [2.05, 4.69) is 15.1 Å². The van der Waals surface area contributed by atoms with E-state index in [0.717, 1.165) is 16.7 Å². The molecule has 7 heteroatoms. The number of halogens is 1. The molecule has 130 valence electrons. The Morgan fingerprint density at radius 2 is 2.08 bits per heavy atom. The van der Waals surface area contributed by atoms with Gasteiger partial charge in [0.1, 0.15) is 4.83 Å². The minimum Gasteiger partial charge on any atom is -0.305 e. The van der Waals surface area contributed by atoms with Crippen LogP contribution in [0, 0.1) is 6.92 Å². The van der Waals surface area contributed by atoms with Gasteiger partial charge in [0.25, 0.3) is 5.56 Å². The minimum atomic E-state index is -0.195. The van der Waals surface area contributed by atoms with E-state index in [-0.39, 0.29) is 5.56 Å². The normalized spacial score (nSPS) is 12.0. The van der Waals surface area contributed by atoms with Crippen molar-refractivity contribution in [1.82, 2.24) is 19.7 Å². The van der Waals surface area contributed by atoms with Crippen molar-refractivity contribution >= 4 is 44.3 Å². The van der Waals surface area contributed by atoms with Crippen LogP contribution >= 0.6 is 22.9 Å². The van der Waals surface area contributed by atoms with E-state index in [1.165, 1.54) is 16.9 Å². The number of aromatic nitrogens is 4. The van der Waals surface area contributed by atoms with E-state index in [9.17, 15) is 4.79 Å². The third-order valence-electron chi connectivity index (χ3n) is 4.05. The lowest BCUT2D eigenvalue weighted by Gasteiger charge is -2.02. The number of thiophene rings is 1. The molecule has 0 spiro atoms. The van der Waals surface area contributed by atoms with Gasteiger partial charge in [-0.05, 0) is 18.6 Å². The van der Waals surface area contributed by atoms with Crippen LogP contribution in [0.5, 0.6) is 0 Å². The molecule has 0 radical (unpaired) electrons. The summed E-state index contributed by atoms with van der Waals surface area (Å²) in [7, 11) is 1.83. The average Bonchev–Trinajstić information content (AvgIpc) is 3.22. The van der Waals surface area contributed by atoms with Gasteiger partial charge in [-0.2, -0.15) is 5.10 Å². The van der Waals surface area contributed by atoms with Crippen LogP contribution in [0.15, 0.2) is 46.8 Å². The summed E-state index contributed by atoms with van der Waals surface area (Å²) in [5.74, 6) is 0.352. The quantitative estimate of drug-likeness (QED) is 0.570. The summed E-state index contributed by atoms with van der Waals surface area (Å²) in [5.41, 5.74) is 3.71. The molecule has 1 aromatic carbocycles. The highest BCUT2D eigenvalue weighted by Gasteiger charge is 2.14. The van der Waals surface area contributed by atoms with E-state index in [0.29, 0.717) is 21.1 Å². The summed E-state index contributed by atoms with van der Waals surface area (Å²) in [6.45, 7) is 2.03. The van der Waals surface area contributed by atoms with Crippen LogP contribution < -0.4 is 5.56 Å². The number of benzene rings is 1. The van der Waals surface area contributed by atoms with Crippen molar-refractivity contribution < 1.29 is 0 Å². The molecule has 0 aliphatic heterocycles. The van der Waals surface area contributed by atoms with Gasteiger partial charge >= 0.3 is 0 Å². The molecule has 1 N–H and O–H groups in total. The molecule has 0 amide bonds. The van der Waals surface area contributed by atoms with E-state index < -0.39 is 0 Å². The van der Waals surface area contributed by atoms with Crippen LogP contribution in [0.2, 0.25) is 0 Å². The number of fused-ring (bicyclic) bond motifs is 1. The number of aromatic amines is 1. The Hall–Kier alpha value is -2.70. The highest BCUT2D eigenvalue weighted by Crippen LogP contribution is 2.31. The Morgan fingerprint density at radius 3 is 2.77 bits per heavy atom. The highest BCUT2D eigenvalue weighted by atomic mass is 35.5. The van der Waals surface area contributed by atoms with E-state index in [1.54, 1.807) is 17.0 Å². The fourth-order valence-electron chi connectivity index (χ4n) is 2.74. The average molecular weight is 383 g/mol. The third kappa shape index (κ3) is 3.09. The van der Waals surface area contributed by atoms with Gasteiger partial charge in [0.05, 0.1) is 16.6 Å². The Kier molecular flexibility index (Phi) is 4.22. The lowest BCUT2D eigenvalue weighted by atomic mass is 10.1. The molecule has 0 saturated carbocycles. The standard InChI is InChI=1S/C19H15ClN4OS/c1-11-3-5-13(6-4-11)14-10-26-19-16(14)18(25)22-17(23-19)15(20)7-12-8-21-24(2)9-12/h3-10H,1-2H3,(H,22,23,25)/b15-7-. The zero-order valence-electron chi connectivity index (χ0n) is 14.2. The number of hydrogen-bond acceptors (Lipinski definition) is 4. The Balaban J connectivity index is 1.80. The number of hydrogen-bond donors (Lipinski definition) is 1. The second-order valence-corrected chi connectivity index (χ2v) is 7.32. The predicted molar refractivity (Wildman–Crippen MR) is 107 cm³/mol. The number of nitrogens with zero attached hydrogens (tertiary/aromatic N) is 3. The van der Waals surface area contributed by atoms with Crippen molar-refractivity contribution in [3.05, 3.63) is 69.3 Å². The largest absolute Gasteiger partial charge is 0.305 e. The maximum Gasteiger partial charge on any atom is 0.260 e. The fraction of sp³-hybridized carbons (Fsp3) is 0.105. The fourth-order valence-corrected chi connectivity index (χ4v) is 3.90. The molecule has 26 heavy (non-hydrogen) atoms. The van der Waals surface area contributed by atoms with E-state index in [1.807, 2.05) is 49.8 Å². The second-order valence-electron chi connectivity index (χ2n) is 6.05. The molecule has 5 nitrogen and oxygen atoms in total. The van der Waals surface area contributed by atoms with Crippen molar-refractivity contribution in [2.75, 3.05) is 0 Å². The van der Waals surface area contributed by atoms with Crippen LogP contribution in [-0.4, -0.2) is 19.7 Å². The molecule has 0 bridgehead atoms. The summed E-state index contributed by atoms with van der Waals surface area (Å²) in [4.78, 5) is 20.7. The van der Waals surface area contributed by atoms with E-state index >= 15 is 0 Å². The first-order valence-electron chi connectivity index (χ1n) is 7.96. The molecule has 0 atom stereocenters. The van der Waals surface area contributed by atoms with Crippen LogP contribution in [0.25, 0.3) is 32.5 Å². The van der Waals surface area contributed by atoms with Crippen LogP contribution in [0.1, 0.15) is 17.0 Å². The van der Waals surface area contributed by atoms with Crippen LogP contribution in [-0.2, 0) is 7.05 Å². The van der Waals surface area contributed by atoms with Crippen LogP contribution in [0.3, 0.4) is 0 Å². The maximum absolute atomic E-state index is 12.7. The van der Waals surface area contributed by atoms with Gasteiger partial charge in [-0.15, -0.1) is 11.3 Å². The van der Waals surface area contributed by atoms with Gasteiger partial charge < -0.3 is 4.98 Å². The molecular formula is C19H15ClN4OS. The minimum absolute atomic E-state index is 0.195. The summed E-state index contributed by atoms with van der Waals surface area (Å²) in [5, 5.41) is 7.01. The number of rotatable bonds is 3. The molecule has 0 aliphatic rings. The lowest BCUT2D eigenvalue weighted by Crippen LogP contribution is -2.10. The Morgan fingerprint density at radius 1 is 1.31 bits per heavy atom. The second kappa shape index (κ2) is 6.55. The van der Waals surface area contributed by atoms with Crippen LogP contribution in [0.4, 0.5) is 0 Å². The highest BCUT2D eigenvalue weighted by molar-refractivity contribution is 7.17. The molecule has 4 aromatic rings. The molecule has 0 fully saturated rings. The predicted octanol–water partition coefficient (Wildman–Crippen LogP) is 4.43. The molecular weight excluding hydrogens is 368 g/mol. The van der Waals surface area contributed by atoms with Crippen molar-refractivity contribution in [2.45, 2.75) is 6.92 Å². The number of aryl methyl sites for hydroxylation is 2. The Bertz CT molecular complexity index is 1180. The van der Waals surface area contributed by atoms with Crippen molar-refractivity contribution in [2.24, 2.45) is 7.05 Å². The molecule has 0 saturated heterocycles. The smallest absolute Gasteiger partial charge is 0.260 e. The molecule has 0 unspecified atom stereocenters. The van der Waals surface area contributed by atoms with Gasteiger partial charge in [0.2, 0.25) is 0 Å². The zero-order valence-corrected chi connectivity index (χ0v) is 15.7. The van der Waals surface area contributed by atoms with Crippen molar-refractivity contribution in [3.8, 4) is 11.1 Å². The first-order valence-corrected chi connectivity index (χ1v) is 9.22. The van der Waals surface area contributed by atoms with Crippen molar-refractivity contribution in [1.29, 1.82) is 0 Å². The zero-order chi connectivity index (χ0) is 18.3. The van der Waals surface area contributed by atoms with Gasteiger partial charge in [0, 0.05) is 29.8 Å². The summed E-state index contributed by atoms with van der Waals surface area (Å²) >= 11 is 7.80. The molecule has 4 rings (SSSR count). The topological polar surface area (TPSA) is 63.6 Å². The first-order chi connectivity index (χ1) is 12.5. The summed E-state index contributed by atoms with van der Waals surface area (Å²) in [6.07, 6.45) is 5.26. The monoisotopic (exact) mass is 382 g/mol.